The second-order valence-electron chi connectivity index (χ2n) is 5.75. The van der Waals surface area contributed by atoms with E-state index in [1.807, 2.05) is 47.0 Å². The van der Waals surface area contributed by atoms with Gasteiger partial charge in [-0.05, 0) is 18.2 Å². The molecule has 2 heterocycles. The molecular weight excluding hydrogens is 400 g/mol. The van der Waals surface area contributed by atoms with E-state index >= 15 is 0 Å². The third-order valence-electron chi connectivity index (χ3n) is 4.12. The molecule has 4 aromatic rings. The molecule has 0 fully saturated rings. The summed E-state index contributed by atoms with van der Waals surface area (Å²) in [7, 11) is 1.63. The van der Waals surface area contributed by atoms with Gasteiger partial charge in [-0.1, -0.05) is 53.3 Å². The molecule has 0 aliphatic carbocycles. The van der Waals surface area contributed by atoms with Crippen molar-refractivity contribution in [3.63, 3.8) is 0 Å². The number of hydrogen-bond acceptors (Lipinski definition) is 4. The predicted octanol–water partition coefficient (Wildman–Crippen LogP) is 5.51. The minimum Gasteiger partial charge on any atom is -0.495 e. The van der Waals surface area contributed by atoms with Crippen molar-refractivity contribution in [1.82, 2.24) is 4.57 Å². The van der Waals surface area contributed by atoms with Gasteiger partial charge in [-0.3, -0.25) is 4.79 Å². The van der Waals surface area contributed by atoms with Crippen LogP contribution in [0.3, 0.4) is 0 Å². The monoisotopic (exact) mass is 414 g/mol. The first-order valence-corrected chi connectivity index (χ1v) is 10.2. The fraction of sp³-hybridized carbons (Fsp3) is 0.100. The fourth-order valence-electron chi connectivity index (χ4n) is 2.94. The Balaban J connectivity index is 1.91. The number of aromatic nitrogens is 1. The lowest BCUT2D eigenvalue weighted by Gasteiger charge is -2.05. The lowest BCUT2D eigenvalue weighted by molar-refractivity contribution is 0.100. The average Bonchev–Trinajstić information content (AvgIpc) is 3.20. The van der Waals surface area contributed by atoms with Gasteiger partial charge >= 0.3 is 0 Å². The van der Waals surface area contributed by atoms with Crippen molar-refractivity contribution in [2.45, 2.75) is 6.54 Å². The second-order valence-corrected chi connectivity index (χ2v) is 8.19. The van der Waals surface area contributed by atoms with Crippen molar-refractivity contribution >= 4 is 60.5 Å². The molecule has 1 amide bonds. The predicted molar refractivity (Wildman–Crippen MR) is 113 cm³/mol. The molecule has 0 atom stereocenters. The molecule has 0 radical (unpaired) electrons. The summed E-state index contributed by atoms with van der Waals surface area (Å²) in [4.78, 5) is 18.3. The normalized spacial score (nSPS) is 12.0. The molecule has 2 aromatic carbocycles. The SMILES string of the molecule is C=CCn1c(=NC(=O)c2sc3ccccc3c2Cl)sc2cccc(OC)c21. The number of methoxy groups -OCH3 is 1. The summed E-state index contributed by atoms with van der Waals surface area (Å²) in [6.45, 7) is 4.34. The summed E-state index contributed by atoms with van der Waals surface area (Å²) in [5, 5.41) is 1.33. The van der Waals surface area contributed by atoms with E-state index in [-0.39, 0.29) is 5.91 Å². The van der Waals surface area contributed by atoms with Gasteiger partial charge in [0.2, 0.25) is 0 Å². The Morgan fingerprint density at radius 3 is 2.74 bits per heavy atom. The molecule has 0 saturated carbocycles. The van der Waals surface area contributed by atoms with E-state index in [1.165, 1.54) is 22.7 Å². The maximum Gasteiger partial charge on any atom is 0.291 e. The third-order valence-corrected chi connectivity index (χ3v) is 6.83. The van der Waals surface area contributed by atoms with Crippen molar-refractivity contribution in [3.8, 4) is 5.75 Å². The molecule has 0 unspecified atom stereocenters. The Kier molecular flexibility index (Phi) is 4.86. The smallest absolute Gasteiger partial charge is 0.291 e. The second kappa shape index (κ2) is 7.31. The van der Waals surface area contributed by atoms with Gasteiger partial charge in [0, 0.05) is 16.6 Å². The number of halogens is 1. The Bertz CT molecular complexity index is 1250. The zero-order valence-corrected chi connectivity index (χ0v) is 16.8. The average molecular weight is 415 g/mol. The number of allylic oxidation sites excluding steroid dienone is 1. The van der Waals surface area contributed by atoms with Crippen LogP contribution < -0.4 is 9.54 Å². The van der Waals surface area contributed by atoms with E-state index < -0.39 is 0 Å². The first-order valence-electron chi connectivity index (χ1n) is 8.17. The maximum absolute atomic E-state index is 12.9. The number of carbonyl (C=O) groups is 1. The molecule has 27 heavy (non-hydrogen) atoms. The number of hydrogen-bond donors (Lipinski definition) is 0. The summed E-state index contributed by atoms with van der Waals surface area (Å²) in [6.07, 6.45) is 1.77. The molecule has 0 bridgehead atoms. The molecular formula is C20H15ClN2O2S2. The van der Waals surface area contributed by atoms with Crippen LogP contribution >= 0.6 is 34.3 Å². The van der Waals surface area contributed by atoms with E-state index in [1.54, 1.807) is 13.2 Å². The van der Waals surface area contributed by atoms with Crippen LogP contribution in [0.4, 0.5) is 0 Å². The van der Waals surface area contributed by atoms with Crippen LogP contribution in [0.15, 0.2) is 60.1 Å². The maximum atomic E-state index is 12.9. The number of thiophene rings is 1. The quantitative estimate of drug-likeness (QED) is 0.413. The lowest BCUT2D eigenvalue weighted by atomic mass is 10.2. The standard InChI is InChI=1S/C20H15ClN2O2S2/c1-3-11-23-17-13(25-2)8-6-10-15(17)27-20(23)22-19(24)18-16(21)12-7-4-5-9-14(12)26-18/h3-10H,1,11H2,2H3. The van der Waals surface area contributed by atoms with E-state index in [0.717, 1.165) is 26.1 Å². The molecule has 2 aromatic heterocycles. The van der Waals surface area contributed by atoms with E-state index in [2.05, 4.69) is 11.6 Å². The van der Waals surface area contributed by atoms with Crippen molar-refractivity contribution in [1.29, 1.82) is 0 Å². The van der Waals surface area contributed by atoms with Crippen molar-refractivity contribution in [3.05, 3.63) is 69.8 Å². The summed E-state index contributed by atoms with van der Waals surface area (Å²) in [5.41, 5.74) is 0.902. The highest BCUT2D eigenvalue weighted by Crippen LogP contribution is 2.35. The number of amides is 1. The van der Waals surface area contributed by atoms with Crippen molar-refractivity contribution in [2.24, 2.45) is 4.99 Å². The molecule has 0 N–H and O–H groups in total. The van der Waals surface area contributed by atoms with Gasteiger partial charge in [-0.15, -0.1) is 17.9 Å². The van der Waals surface area contributed by atoms with Gasteiger partial charge in [0.1, 0.15) is 16.1 Å². The van der Waals surface area contributed by atoms with Crippen LogP contribution in [0, 0.1) is 0 Å². The molecule has 0 saturated heterocycles. The summed E-state index contributed by atoms with van der Waals surface area (Å²) in [5.74, 6) is 0.393. The molecule has 7 heteroatoms. The van der Waals surface area contributed by atoms with Crippen LogP contribution in [-0.2, 0) is 6.54 Å². The number of benzene rings is 2. The Morgan fingerprint density at radius 1 is 1.22 bits per heavy atom. The highest BCUT2D eigenvalue weighted by atomic mass is 35.5. The van der Waals surface area contributed by atoms with E-state index in [9.17, 15) is 4.79 Å². The van der Waals surface area contributed by atoms with Gasteiger partial charge in [0.15, 0.2) is 4.80 Å². The van der Waals surface area contributed by atoms with Gasteiger partial charge < -0.3 is 9.30 Å². The minimum absolute atomic E-state index is 0.343. The number of thiazole rings is 1. The van der Waals surface area contributed by atoms with Crippen molar-refractivity contribution in [2.75, 3.05) is 7.11 Å². The highest BCUT2D eigenvalue weighted by molar-refractivity contribution is 7.21. The number of fused-ring (bicyclic) bond motifs is 2. The molecule has 4 nitrogen and oxygen atoms in total. The Morgan fingerprint density at radius 2 is 2.00 bits per heavy atom. The summed E-state index contributed by atoms with van der Waals surface area (Å²) >= 11 is 9.23. The topological polar surface area (TPSA) is 43.6 Å². The molecule has 136 valence electrons. The van der Waals surface area contributed by atoms with E-state index in [4.69, 9.17) is 16.3 Å². The van der Waals surface area contributed by atoms with Gasteiger partial charge in [0.05, 0.1) is 16.8 Å². The van der Waals surface area contributed by atoms with Crippen LogP contribution in [0.25, 0.3) is 20.3 Å². The third kappa shape index (κ3) is 3.10. The fourth-order valence-corrected chi connectivity index (χ4v) is 5.39. The summed E-state index contributed by atoms with van der Waals surface area (Å²) < 4.78 is 9.38. The Hall–Kier alpha value is -2.41. The zero-order valence-electron chi connectivity index (χ0n) is 14.4. The molecule has 0 aliphatic heterocycles. The largest absolute Gasteiger partial charge is 0.495 e. The number of ether oxygens (including phenoxy) is 1. The van der Waals surface area contributed by atoms with Crippen LogP contribution in [-0.4, -0.2) is 17.6 Å². The number of nitrogens with zero attached hydrogens (tertiary/aromatic N) is 2. The first-order chi connectivity index (χ1) is 13.1. The minimum atomic E-state index is -0.343. The first kappa shape index (κ1) is 18.0. The highest BCUT2D eigenvalue weighted by Gasteiger charge is 2.18. The van der Waals surface area contributed by atoms with Gasteiger partial charge in [-0.25, -0.2) is 0 Å². The van der Waals surface area contributed by atoms with Crippen LogP contribution in [0.1, 0.15) is 9.67 Å². The van der Waals surface area contributed by atoms with Crippen LogP contribution in [0.2, 0.25) is 5.02 Å². The van der Waals surface area contributed by atoms with E-state index in [0.29, 0.717) is 21.2 Å². The molecule has 0 aliphatic rings. The summed E-state index contributed by atoms with van der Waals surface area (Å²) in [6, 6.07) is 13.5. The number of rotatable bonds is 4. The zero-order chi connectivity index (χ0) is 19.0. The lowest BCUT2D eigenvalue weighted by Crippen LogP contribution is -2.16. The number of para-hydroxylation sites is 1. The van der Waals surface area contributed by atoms with Crippen molar-refractivity contribution < 1.29 is 9.53 Å². The van der Waals surface area contributed by atoms with Gasteiger partial charge in [-0.2, -0.15) is 4.99 Å². The van der Waals surface area contributed by atoms with Crippen LogP contribution in [0.5, 0.6) is 5.75 Å². The molecule has 0 spiro atoms. The molecule has 4 rings (SSSR count). The van der Waals surface area contributed by atoms with Gasteiger partial charge in [0.25, 0.3) is 5.91 Å². The number of carbonyl (C=O) groups excluding carboxylic acids is 1. The Labute approximate surface area is 168 Å².